The van der Waals surface area contributed by atoms with E-state index in [9.17, 15) is 0 Å². The zero-order chi connectivity index (χ0) is 11.7. The molecular weight excluding hydrogens is 214 g/mol. The summed E-state index contributed by atoms with van der Waals surface area (Å²) in [5.41, 5.74) is 0. The third-order valence-corrected chi connectivity index (χ3v) is 3.98. The summed E-state index contributed by atoms with van der Waals surface area (Å²) >= 11 is 0. The molecule has 94 valence electrons. The summed E-state index contributed by atoms with van der Waals surface area (Å²) in [5, 5.41) is 10.8. The molecule has 3 rings (SSSR count). The van der Waals surface area contributed by atoms with Crippen molar-refractivity contribution >= 4 is 0 Å². The van der Waals surface area contributed by atoms with Crippen molar-refractivity contribution in [1.82, 2.24) is 25.4 Å². The smallest absolute Gasteiger partial charge is 0.167 e. The first-order chi connectivity index (χ1) is 8.34. The van der Waals surface area contributed by atoms with Crippen LogP contribution in [0.1, 0.15) is 43.4 Å². The van der Waals surface area contributed by atoms with Crippen LogP contribution in [0, 0.1) is 6.92 Å². The Morgan fingerprint density at radius 1 is 1.24 bits per heavy atom. The minimum atomic E-state index is 0.447. The van der Waals surface area contributed by atoms with Gasteiger partial charge in [0.2, 0.25) is 0 Å². The highest BCUT2D eigenvalue weighted by Gasteiger charge is 2.34. The molecule has 3 heterocycles. The van der Waals surface area contributed by atoms with Crippen LogP contribution in [-0.2, 0) is 0 Å². The third kappa shape index (κ3) is 2.21. The molecule has 2 aliphatic heterocycles. The van der Waals surface area contributed by atoms with Gasteiger partial charge in [-0.05, 0) is 52.2 Å². The number of likely N-dealkylation sites (tertiary alicyclic amines) is 1. The summed E-state index contributed by atoms with van der Waals surface area (Å²) in [6.45, 7) is 5.49. The number of nitrogens with one attached hydrogen (secondary N) is 2. The minimum absolute atomic E-state index is 0.447. The first-order valence-electron chi connectivity index (χ1n) is 6.70. The van der Waals surface area contributed by atoms with E-state index in [1.807, 2.05) is 6.92 Å². The first-order valence-corrected chi connectivity index (χ1v) is 6.70. The molecule has 1 aromatic rings. The molecule has 0 radical (unpaired) electrons. The zero-order valence-electron chi connectivity index (χ0n) is 10.4. The third-order valence-electron chi connectivity index (χ3n) is 3.98. The van der Waals surface area contributed by atoms with E-state index >= 15 is 0 Å². The normalized spacial score (nSPS) is 27.7. The SMILES string of the molecule is Cc1nc(C2CCCN2C2CCNCC2)n[nH]1. The number of aromatic nitrogens is 3. The van der Waals surface area contributed by atoms with Crippen LogP contribution < -0.4 is 5.32 Å². The molecule has 0 saturated carbocycles. The summed E-state index contributed by atoms with van der Waals surface area (Å²) in [6.07, 6.45) is 5.02. The summed E-state index contributed by atoms with van der Waals surface area (Å²) in [5.74, 6) is 1.93. The predicted octanol–water partition coefficient (Wildman–Crippen LogP) is 1.00. The van der Waals surface area contributed by atoms with Gasteiger partial charge in [-0.1, -0.05) is 0 Å². The second kappa shape index (κ2) is 4.74. The lowest BCUT2D eigenvalue weighted by Gasteiger charge is -2.34. The quantitative estimate of drug-likeness (QED) is 0.803. The maximum absolute atomic E-state index is 4.51. The average molecular weight is 235 g/mol. The van der Waals surface area contributed by atoms with Crippen molar-refractivity contribution in [3.05, 3.63) is 11.6 Å². The van der Waals surface area contributed by atoms with Crippen molar-refractivity contribution in [3.8, 4) is 0 Å². The molecule has 17 heavy (non-hydrogen) atoms. The number of hydrogen-bond donors (Lipinski definition) is 2. The van der Waals surface area contributed by atoms with Crippen LogP contribution in [0.25, 0.3) is 0 Å². The van der Waals surface area contributed by atoms with Crippen molar-refractivity contribution < 1.29 is 0 Å². The van der Waals surface area contributed by atoms with Crippen molar-refractivity contribution in [2.24, 2.45) is 0 Å². The molecule has 5 heteroatoms. The van der Waals surface area contributed by atoms with Gasteiger partial charge in [0.15, 0.2) is 5.82 Å². The van der Waals surface area contributed by atoms with Gasteiger partial charge in [0.1, 0.15) is 5.82 Å². The van der Waals surface area contributed by atoms with Crippen molar-refractivity contribution in [3.63, 3.8) is 0 Å². The molecule has 1 aromatic heterocycles. The van der Waals surface area contributed by atoms with Crippen LogP contribution in [0.4, 0.5) is 0 Å². The Balaban J connectivity index is 1.74. The molecule has 0 bridgehead atoms. The fourth-order valence-corrected chi connectivity index (χ4v) is 3.15. The summed E-state index contributed by atoms with van der Waals surface area (Å²) in [4.78, 5) is 7.14. The molecule has 2 aliphatic rings. The lowest BCUT2D eigenvalue weighted by Crippen LogP contribution is -2.42. The predicted molar refractivity (Wildman–Crippen MR) is 65.7 cm³/mol. The fraction of sp³-hybridized carbons (Fsp3) is 0.833. The molecule has 0 aliphatic carbocycles. The zero-order valence-corrected chi connectivity index (χ0v) is 10.4. The van der Waals surface area contributed by atoms with Crippen molar-refractivity contribution in [1.29, 1.82) is 0 Å². The maximum atomic E-state index is 4.51. The minimum Gasteiger partial charge on any atom is -0.317 e. The van der Waals surface area contributed by atoms with E-state index in [0.29, 0.717) is 6.04 Å². The Morgan fingerprint density at radius 2 is 2.06 bits per heavy atom. The number of nitrogens with zero attached hydrogens (tertiary/aromatic N) is 3. The average Bonchev–Trinajstić information content (AvgIpc) is 2.98. The molecule has 2 fully saturated rings. The standard InChI is InChI=1S/C12H21N5/c1-9-14-12(16-15-9)11-3-2-8-17(11)10-4-6-13-7-5-10/h10-11,13H,2-8H2,1H3,(H,14,15,16). The van der Waals surface area contributed by atoms with E-state index in [1.54, 1.807) is 0 Å². The van der Waals surface area contributed by atoms with E-state index in [-0.39, 0.29) is 0 Å². The van der Waals surface area contributed by atoms with Crippen molar-refractivity contribution in [2.45, 2.75) is 44.7 Å². The van der Waals surface area contributed by atoms with Gasteiger partial charge in [-0.15, -0.1) is 0 Å². The molecular formula is C12H21N5. The van der Waals surface area contributed by atoms with Gasteiger partial charge in [0.25, 0.3) is 0 Å². The first kappa shape index (κ1) is 11.2. The number of aryl methyl sites for hydroxylation is 1. The van der Waals surface area contributed by atoms with E-state index in [1.165, 1.54) is 32.2 Å². The molecule has 2 saturated heterocycles. The van der Waals surface area contributed by atoms with Gasteiger partial charge in [-0.3, -0.25) is 10.00 Å². The van der Waals surface area contributed by atoms with E-state index in [2.05, 4.69) is 25.4 Å². The van der Waals surface area contributed by atoms with E-state index in [4.69, 9.17) is 0 Å². The van der Waals surface area contributed by atoms with Gasteiger partial charge in [0.05, 0.1) is 6.04 Å². The molecule has 2 N–H and O–H groups in total. The van der Waals surface area contributed by atoms with Crippen LogP contribution >= 0.6 is 0 Å². The molecule has 0 aromatic carbocycles. The molecule has 5 nitrogen and oxygen atoms in total. The fourth-order valence-electron chi connectivity index (χ4n) is 3.15. The number of aromatic amines is 1. The largest absolute Gasteiger partial charge is 0.317 e. The molecule has 0 spiro atoms. The van der Waals surface area contributed by atoms with Crippen LogP contribution in [0.15, 0.2) is 0 Å². The molecule has 1 atom stereocenters. The lowest BCUT2D eigenvalue weighted by molar-refractivity contribution is 0.143. The van der Waals surface area contributed by atoms with Gasteiger partial charge >= 0.3 is 0 Å². The monoisotopic (exact) mass is 235 g/mol. The highest BCUT2D eigenvalue weighted by molar-refractivity contribution is 5.01. The van der Waals surface area contributed by atoms with Gasteiger partial charge in [-0.25, -0.2) is 4.98 Å². The van der Waals surface area contributed by atoms with Gasteiger partial charge in [-0.2, -0.15) is 5.10 Å². The molecule has 0 amide bonds. The van der Waals surface area contributed by atoms with Crippen LogP contribution in [0.3, 0.4) is 0 Å². The van der Waals surface area contributed by atoms with Crippen LogP contribution in [0.2, 0.25) is 0 Å². The summed E-state index contributed by atoms with van der Waals surface area (Å²) in [7, 11) is 0. The second-order valence-corrected chi connectivity index (χ2v) is 5.16. The lowest BCUT2D eigenvalue weighted by atomic mass is 10.0. The van der Waals surface area contributed by atoms with Crippen LogP contribution in [0.5, 0.6) is 0 Å². The highest BCUT2D eigenvalue weighted by Crippen LogP contribution is 2.33. The highest BCUT2D eigenvalue weighted by atomic mass is 15.3. The Hall–Kier alpha value is -0.940. The van der Waals surface area contributed by atoms with Gasteiger partial charge in [0, 0.05) is 6.04 Å². The van der Waals surface area contributed by atoms with Gasteiger partial charge < -0.3 is 5.32 Å². The maximum Gasteiger partial charge on any atom is 0.167 e. The van der Waals surface area contributed by atoms with Crippen LogP contribution in [-0.4, -0.2) is 45.8 Å². The summed E-state index contributed by atoms with van der Waals surface area (Å²) < 4.78 is 0. The Kier molecular flexibility index (Phi) is 3.11. The Morgan fingerprint density at radius 3 is 2.76 bits per heavy atom. The Bertz CT molecular complexity index is 369. The second-order valence-electron chi connectivity index (χ2n) is 5.16. The number of rotatable bonds is 2. The topological polar surface area (TPSA) is 56.8 Å². The van der Waals surface area contributed by atoms with E-state index < -0.39 is 0 Å². The molecule has 1 unspecified atom stereocenters. The van der Waals surface area contributed by atoms with E-state index in [0.717, 1.165) is 30.8 Å². The number of hydrogen-bond acceptors (Lipinski definition) is 4. The van der Waals surface area contributed by atoms with Crippen molar-refractivity contribution in [2.75, 3.05) is 19.6 Å². The summed E-state index contributed by atoms with van der Waals surface area (Å²) in [6, 6.07) is 1.17. The number of H-pyrrole nitrogens is 1. The number of piperidine rings is 1. The Labute approximate surface area is 102 Å².